The molecule has 1 heterocycles. The molecule has 1 aromatic carbocycles. The van der Waals surface area contributed by atoms with Crippen LogP contribution in [0.1, 0.15) is 40.5 Å². The van der Waals surface area contributed by atoms with Gasteiger partial charge in [0.2, 0.25) is 5.88 Å². The van der Waals surface area contributed by atoms with Crippen molar-refractivity contribution in [3.63, 3.8) is 0 Å². The van der Waals surface area contributed by atoms with Gasteiger partial charge in [-0.3, -0.25) is 0 Å². The van der Waals surface area contributed by atoms with Crippen LogP contribution in [-0.4, -0.2) is 16.1 Å². The number of aromatic nitrogens is 1. The summed E-state index contributed by atoms with van der Waals surface area (Å²) in [5.74, 6) is -0.183. The molecule has 1 aromatic heterocycles. The number of carboxylic acids is 1. The molecule has 4 nitrogen and oxygen atoms in total. The summed E-state index contributed by atoms with van der Waals surface area (Å²) in [5, 5.41) is 9.36. The van der Waals surface area contributed by atoms with Crippen LogP contribution < -0.4 is 4.74 Å². The van der Waals surface area contributed by atoms with E-state index in [0.29, 0.717) is 5.75 Å². The van der Waals surface area contributed by atoms with Crippen LogP contribution in [0.25, 0.3) is 0 Å². The van der Waals surface area contributed by atoms with E-state index in [9.17, 15) is 9.90 Å². The highest BCUT2D eigenvalue weighted by molar-refractivity contribution is 5.90. The number of carbonyl (C=O) groups is 1. The Labute approximate surface area is 123 Å². The molecule has 1 aliphatic rings. The van der Waals surface area contributed by atoms with Gasteiger partial charge in [0, 0.05) is 5.69 Å². The molecule has 0 unspecified atom stereocenters. The first kappa shape index (κ1) is 13.6. The van der Waals surface area contributed by atoms with E-state index in [1.165, 1.54) is 0 Å². The van der Waals surface area contributed by atoms with E-state index in [1.54, 1.807) is 6.07 Å². The lowest BCUT2D eigenvalue weighted by Crippen LogP contribution is -2.05. The summed E-state index contributed by atoms with van der Waals surface area (Å²) in [6, 6.07) is 9.36. The SMILES string of the molecule is CCc1cccc(Oc2nc3c(cc2C(=O)O)CCC3)c1. The molecule has 0 bridgehead atoms. The van der Waals surface area contributed by atoms with Crippen molar-refractivity contribution >= 4 is 5.97 Å². The van der Waals surface area contributed by atoms with E-state index >= 15 is 0 Å². The summed E-state index contributed by atoms with van der Waals surface area (Å²) in [4.78, 5) is 15.8. The van der Waals surface area contributed by atoms with Gasteiger partial charge in [0.1, 0.15) is 11.3 Å². The van der Waals surface area contributed by atoms with E-state index in [0.717, 1.165) is 42.5 Å². The van der Waals surface area contributed by atoms with Gasteiger partial charge in [0.25, 0.3) is 0 Å². The van der Waals surface area contributed by atoms with E-state index in [2.05, 4.69) is 11.9 Å². The number of aryl methyl sites for hydroxylation is 3. The number of carboxylic acid groups (broad SMARTS) is 1. The van der Waals surface area contributed by atoms with Crippen molar-refractivity contribution in [1.82, 2.24) is 4.98 Å². The maximum Gasteiger partial charge on any atom is 0.341 e. The van der Waals surface area contributed by atoms with Gasteiger partial charge < -0.3 is 9.84 Å². The average molecular weight is 283 g/mol. The predicted octanol–water partition coefficient (Wildman–Crippen LogP) is 3.62. The number of pyridine rings is 1. The first-order valence-corrected chi connectivity index (χ1v) is 7.20. The maximum atomic E-state index is 11.4. The molecule has 0 saturated carbocycles. The standard InChI is InChI=1S/C17H17NO3/c1-2-11-5-3-7-13(9-11)21-16-14(17(19)20)10-12-6-4-8-15(12)18-16/h3,5,7,9-10H,2,4,6,8H2,1H3,(H,19,20). The van der Waals surface area contributed by atoms with Crippen LogP contribution in [-0.2, 0) is 19.3 Å². The van der Waals surface area contributed by atoms with Crippen LogP contribution in [0.2, 0.25) is 0 Å². The molecule has 0 fully saturated rings. The first-order chi connectivity index (χ1) is 10.2. The number of nitrogens with zero attached hydrogens (tertiary/aromatic N) is 1. The molecule has 3 rings (SSSR count). The molecule has 0 amide bonds. The third-order valence-corrected chi connectivity index (χ3v) is 3.77. The van der Waals surface area contributed by atoms with Crippen molar-refractivity contribution in [2.75, 3.05) is 0 Å². The van der Waals surface area contributed by atoms with Gasteiger partial charge >= 0.3 is 5.97 Å². The number of hydrogen-bond donors (Lipinski definition) is 1. The zero-order chi connectivity index (χ0) is 14.8. The molecule has 0 atom stereocenters. The lowest BCUT2D eigenvalue weighted by molar-refractivity contribution is 0.0693. The summed E-state index contributed by atoms with van der Waals surface area (Å²) in [7, 11) is 0. The Balaban J connectivity index is 1.99. The highest BCUT2D eigenvalue weighted by Crippen LogP contribution is 2.30. The molecular weight excluding hydrogens is 266 g/mol. The zero-order valence-corrected chi connectivity index (χ0v) is 11.9. The Bertz CT molecular complexity index is 694. The van der Waals surface area contributed by atoms with Crippen LogP contribution in [0.5, 0.6) is 11.6 Å². The van der Waals surface area contributed by atoms with Crippen molar-refractivity contribution < 1.29 is 14.6 Å². The van der Waals surface area contributed by atoms with Gasteiger partial charge in [-0.2, -0.15) is 0 Å². The molecule has 108 valence electrons. The van der Waals surface area contributed by atoms with Crippen molar-refractivity contribution in [2.45, 2.75) is 32.6 Å². The highest BCUT2D eigenvalue weighted by Gasteiger charge is 2.21. The van der Waals surface area contributed by atoms with Gasteiger partial charge in [-0.15, -0.1) is 0 Å². The van der Waals surface area contributed by atoms with E-state index < -0.39 is 5.97 Å². The van der Waals surface area contributed by atoms with Gasteiger partial charge in [-0.25, -0.2) is 9.78 Å². The fourth-order valence-corrected chi connectivity index (χ4v) is 2.62. The molecule has 0 aliphatic heterocycles. The van der Waals surface area contributed by atoms with Crippen molar-refractivity contribution in [2.24, 2.45) is 0 Å². The van der Waals surface area contributed by atoms with E-state index in [-0.39, 0.29) is 11.4 Å². The third kappa shape index (κ3) is 2.75. The Morgan fingerprint density at radius 3 is 2.95 bits per heavy atom. The molecule has 1 N–H and O–H groups in total. The third-order valence-electron chi connectivity index (χ3n) is 3.77. The predicted molar refractivity (Wildman–Crippen MR) is 79.1 cm³/mol. The minimum absolute atomic E-state index is 0.137. The number of benzene rings is 1. The van der Waals surface area contributed by atoms with Gasteiger partial charge in [-0.05, 0) is 55.0 Å². The summed E-state index contributed by atoms with van der Waals surface area (Å²) in [6.07, 6.45) is 3.71. The Kier molecular flexibility index (Phi) is 3.60. The molecule has 1 aliphatic carbocycles. The fourth-order valence-electron chi connectivity index (χ4n) is 2.62. The molecule has 2 aromatic rings. The second kappa shape index (κ2) is 5.56. The summed E-state index contributed by atoms with van der Waals surface area (Å²) >= 11 is 0. The van der Waals surface area contributed by atoms with E-state index in [1.807, 2.05) is 24.3 Å². The normalized spacial score (nSPS) is 13.0. The number of ether oxygens (including phenoxy) is 1. The Morgan fingerprint density at radius 2 is 2.19 bits per heavy atom. The average Bonchev–Trinajstić information content (AvgIpc) is 2.93. The largest absolute Gasteiger partial charge is 0.477 e. The zero-order valence-electron chi connectivity index (χ0n) is 11.9. The lowest BCUT2D eigenvalue weighted by Gasteiger charge is -2.11. The van der Waals surface area contributed by atoms with E-state index in [4.69, 9.17) is 4.74 Å². The highest BCUT2D eigenvalue weighted by atomic mass is 16.5. The summed E-state index contributed by atoms with van der Waals surface area (Å²) in [6.45, 7) is 2.06. The monoisotopic (exact) mass is 283 g/mol. The molecule has 0 spiro atoms. The Hall–Kier alpha value is -2.36. The quantitative estimate of drug-likeness (QED) is 0.931. The van der Waals surface area contributed by atoms with Crippen LogP contribution >= 0.6 is 0 Å². The minimum Gasteiger partial charge on any atom is -0.477 e. The molecule has 21 heavy (non-hydrogen) atoms. The maximum absolute atomic E-state index is 11.4. The van der Waals surface area contributed by atoms with Crippen LogP contribution in [0.3, 0.4) is 0 Å². The summed E-state index contributed by atoms with van der Waals surface area (Å²) in [5.41, 5.74) is 3.27. The van der Waals surface area contributed by atoms with Crippen molar-refractivity contribution in [3.8, 4) is 11.6 Å². The fraction of sp³-hybridized carbons (Fsp3) is 0.294. The van der Waals surface area contributed by atoms with Crippen molar-refractivity contribution in [1.29, 1.82) is 0 Å². The smallest absolute Gasteiger partial charge is 0.341 e. The Morgan fingerprint density at radius 1 is 1.33 bits per heavy atom. The molecule has 0 radical (unpaired) electrons. The van der Waals surface area contributed by atoms with Crippen LogP contribution in [0.4, 0.5) is 0 Å². The van der Waals surface area contributed by atoms with Gasteiger partial charge in [0.15, 0.2) is 0 Å². The van der Waals surface area contributed by atoms with Crippen LogP contribution in [0.15, 0.2) is 30.3 Å². The van der Waals surface area contributed by atoms with Crippen molar-refractivity contribution in [3.05, 3.63) is 52.7 Å². The summed E-state index contributed by atoms with van der Waals surface area (Å²) < 4.78 is 5.75. The lowest BCUT2D eigenvalue weighted by atomic mass is 10.1. The first-order valence-electron chi connectivity index (χ1n) is 7.20. The van der Waals surface area contributed by atoms with Crippen LogP contribution in [0, 0.1) is 0 Å². The molecule has 0 saturated heterocycles. The number of hydrogen-bond acceptors (Lipinski definition) is 3. The number of rotatable bonds is 4. The van der Waals surface area contributed by atoms with Gasteiger partial charge in [0.05, 0.1) is 0 Å². The van der Waals surface area contributed by atoms with Gasteiger partial charge in [-0.1, -0.05) is 19.1 Å². The molecule has 4 heteroatoms. The topological polar surface area (TPSA) is 59.4 Å². The second-order valence-electron chi connectivity index (χ2n) is 5.21. The molecular formula is C17H17NO3. The number of aromatic carboxylic acids is 1. The number of fused-ring (bicyclic) bond motifs is 1. The second-order valence-corrected chi connectivity index (χ2v) is 5.21. The minimum atomic E-state index is -1.00.